The Bertz CT molecular complexity index is 555. The zero-order chi connectivity index (χ0) is 14.9. The van der Waals surface area contributed by atoms with Crippen LogP contribution in [0.3, 0.4) is 0 Å². The van der Waals surface area contributed by atoms with E-state index in [9.17, 15) is 24.9 Å². The van der Waals surface area contributed by atoms with E-state index in [2.05, 4.69) is 0 Å². The Balaban J connectivity index is 2.17. The zero-order valence-electron chi connectivity index (χ0n) is 10.7. The number of pyridine rings is 1. The fraction of sp³-hybridized carbons (Fsp3) is 0.500. The summed E-state index contributed by atoms with van der Waals surface area (Å²) in [5.41, 5.74) is -0.589. The predicted molar refractivity (Wildman–Crippen MR) is 64.9 cm³/mol. The summed E-state index contributed by atoms with van der Waals surface area (Å²) in [6.45, 7) is 0.983. The van der Waals surface area contributed by atoms with Crippen molar-refractivity contribution in [1.29, 1.82) is 0 Å². The van der Waals surface area contributed by atoms with Crippen LogP contribution in [0.25, 0.3) is 0 Å². The Morgan fingerprint density at radius 3 is 2.75 bits per heavy atom. The number of carbonyl (C=O) groups excluding carboxylic acids is 1. The van der Waals surface area contributed by atoms with Gasteiger partial charge in [0.25, 0.3) is 5.56 Å². The fourth-order valence-electron chi connectivity index (χ4n) is 1.99. The lowest BCUT2D eigenvalue weighted by Gasteiger charge is -2.17. The zero-order valence-corrected chi connectivity index (χ0v) is 10.7. The van der Waals surface area contributed by atoms with Gasteiger partial charge >= 0.3 is 5.97 Å². The van der Waals surface area contributed by atoms with Crippen molar-refractivity contribution in [1.82, 2.24) is 4.57 Å². The van der Waals surface area contributed by atoms with E-state index in [1.54, 1.807) is 0 Å². The van der Waals surface area contributed by atoms with Crippen LogP contribution >= 0.6 is 0 Å². The molecule has 1 aliphatic heterocycles. The fourth-order valence-corrected chi connectivity index (χ4v) is 1.99. The van der Waals surface area contributed by atoms with Crippen LogP contribution in [0.1, 0.15) is 13.2 Å². The number of aliphatic hydroxyl groups excluding tert-OH is 2. The number of hydrogen-bond acceptors (Lipinski definition) is 7. The number of aromatic hydroxyl groups is 1. The van der Waals surface area contributed by atoms with Crippen molar-refractivity contribution >= 4 is 5.97 Å². The second-order valence-corrected chi connectivity index (χ2v) is 4.48. The minimum atomic E-state index is -1.35. The molecule has 0 bridgehead atoms. The molecule has 2 rings (SSSR count). The molecule has 2 heterocycles. The SMILES string of the molecule is CC(=O)OC[C@@H]1O[C@@H](n2ccc(O)cc2=O)[C@@H](O)[C@H]1O. The minimum Gasteiger partial charge on any atom is -0.508 e. The summed E-state index contributed by atoms with van der Waals surface area (Å²) < 4.78 is 11.1. The van der Waals surface area contributed by atoms with Gasteiger partial charge in [-0.2, -0.15) is 0 Å². The van der Waals surface area contributed by atoms with Crippen molar-refractivity contribution in [2.24, 2.45) is 0 Å². The van der Waals surface area contributed by atoms with Crippen LogP contribution < -0.4 is 5.56 Å². The maximum Gasteiger partial charge on any atom is 0.302 e. The highest BCUT2D eigenvalue weighted by atomic mass is 16.6. The van der Waals surface area contributed by atoms with Gasteiger partial charge < -0.3 is 24.8 Å². The molecule has 4 atom stereocenters. The van der Waals surface area contributed by atoms with Crippen LogP contribution in [0.4, 0.5) is 0 Å². The largest absolute Gasteiger partial charge is 0.508 e. The van der Waals surface area contributed by atoms with Crippen molar-refractivity contribution in [3.63, 3.8) is 0 Å². The predicted octanol–water partition coefficient (Wildman–Crippen LogP) is -1.26. The van der Waals surface area contributed by atoms with Gasteiger partial charge in [-0.15, -0.1) is 0 Å². The molecule has 0 unspecified atom stereocenters. The van der Waals surface area contributed by atoms with Crippen molar-refractivity contribution in [2.45, 2.75) is 31.5 Å². The van der Waals surface area contributed by atoms with Crippen molar-refractivity contribution in [3.05, 3.63) is 28.7 Å². The Morgan fingerprint density at radius 2 is 2.15 bits per heavy atom. The molecule has 0 amide bonds. The summed E-state index contributed by atoms with van der Waals surface area (Å²) in [4.78, 5) is 22.4. The highest BCUT2D eigenvalue weighted by Gasteiger charge is 2.44. The van der Waals surface area contributed by atoms with Gasteiger partial charge in [-0.05, 0) is 6.07 Å². The first-order valence-corrected chi connectivity index (χ1v) is 5.96. The highest BCUT2D eigenvalue weighted by Crippen LogP contribution is 2.28. The maximum absolute atomic E-state index is 11.7. The van der Waals surface area contributed by atoms with Gasteiger partial charge in [-0.1, -0.05) is 0 Å². The van der Waals surface area contributed by atoms with Gasteiger partial charge in [-0.25, -0.2) is 0 Å². The molecule has 20 heavy (non-hydrogen) atoms. The van der Waals surface area contributed by atoms with Gasteiger partial charge in [0, 0.05) is 19.2 Å². The van der Waals surface area contributed by atoms with Crippen molar-refractivity contribution < 1.29 is 29.6 Å². The smallest absolute Gasteiger partial charge is 0.302 e. The van der Waals surface area contributed by atoms with E-state index in [4.69, 9.17) is 9.47 Å². The molecule has 0 aromatic carbocycles. The molecule has 8 nitrogen and oxygen atoms in total. The Kier molecular flexibility index (Phi) is 4.07. The van der Waals surface area contributed by atoms with E-state index in [1.807, 2.05) is 0 Å². The average Bonchev–Trinajstić information content (AvgIpc) is 2.64. The molecule has 1 saturated heterocycles. The number of hydrogen-bond donors (Lipinski definition) is 3. The summed E-state index contributed by atoms with van der Waals surface area (Å²) in [7, 11) is 0. The average molecular weight is 285 g/mol. The molecule has 1 aliphatic rings. The maximum atomic E-state index is 11.7. The lowest BCUT2D eigenvalue weighted by atomic mass is 10.1. The van der Waals surface area contributed by atoms with Crippen molar-refractivity contribution in [2.75, 3.05) is 6.61 Å². The third kappa shape index (κ3) is 2.82. The second kappa shape index (κ2) is 5.61. The standard InChI is InChI=1S/C12H15NO7/c1-6(14)19-5-8-10(17)11(18)12(20-8)13-3-2-7(15)4-9(13)16/h2-4,8,10-12,15,17-18H,5H2,1H3/t8-,10-,11-,12+/m0/s1. The quantitative estimate of drug-likeness (QED) is 0.593. The van der Waals surface area contributed by atoms with Crippen LogP contribution in [0.2, 0.25) is 0 Å². The first kappa shape index (κ1) is 14.5. The molecule has 1 aromatic heterocycles. The number of aromatic nitrogens is 1. The third-order valence-electron chi connectivity index (χ3n) is 2.99. The molecular weight excluding hydrogens is 270 g/mol. The van der Waals surface area contributed by atoms with Crippen molar-refractivity contribution in [3.8, 4) is 5.75 Å². The number of aliphatic hydroxyl groups is 2. The number of esters is 1. The molecule has 3 N–H and O–H groups in total. The van der Waals surface area contributed by atoms with E-state index >= 15 is 0 Å². The monoisotopic (exact) mass is 285 g/mol. The molecule has 0 spiro atoms. The summed E-state index contributed by atoms with van der Waals surface area (Å²) >= 11 is 0. The highest BCUT2D eigenvalue weighted by molar-refractivity contribution is 5.65. The summed E-state index contributed by atoms with van der Waals surface area (Å²) in [5.74, 6) is -0.753. The molecule has 0 radical (unpaired) electrons. The van der Waals surface area contributed by atoms with Gasteiger partial charge in [0.15, 0.2) is 6.23 Å². The van der Waals surface area contributed by atoms with E-state index in [1.165, 1.54) is 19.2 Å². The Hall–Kier alpha value is -1.90. The Labute approximate surface area is 113 Å². The van der Waals surface area contributed by atoms with E-state index in [0.29, 0.717) is 0 Å². The normalized spacial score (nSPS) is 29.4. The Morgan fingerprint density at radius 1 is 1.45 bits per heavy atom. The van der Waals surface area contributed by atoms with Crippen LogP contribution in [0, 0.1) is 0 Å². The lowest BCUT2D eigenvalue weighted by molar-refractivity contribution is -0.147. The second-order valence-electron chi connectivity index (χ2n) is 4.48. The van der Waals surface area contributed by atoms with Crippen LogP contribution in [0.5, 0.6) is 5.75 Å². The number of carbonyl (C=O) groups is 1. The first-order valence-electron chi connectivity index (χ1n) is 5.96. The van der Waals surface area contributed by atoms with Crippen LogP contribution in [0.15, 0.2) is 23.1 Å². The van der Waals surface area contributed by atoms with Gasteiger partial charge in [0.05, 0.1) is 0 Å². The number of nitrogens with zero attached hydrogens (tertiary/aromatic N) is 1. The molecule has 110 valence electrons. The van der Waals surface area contributed by atoms with Gasteiger partial charge in [0.2, 0.25) is 0 Å². The molecule has 1 fully saturated rings. The molecule has 0 saturated carbocycles. The summed E-state index contributed by atoms with van der Waals surface area (Å²) in [6.07, 6.45) is -3.44. The third-order valence-corrected chi connectivity index (χ3v) is 2.99. The molecule has 1 aromatic rings. The minimum absolute atomic E-state index is 0.212. The summed E-state index contributed by atoms with van der Waals surface area (Å²) in [6, 6.07) is 2.21. The van der Waals surface area contributed by atoms with Gasteiger partial charge in [0.1, 0.15) is 30.7 Å². The van der Waals surface area contributed by atoms with E-state index < -0.39 is 36.1 Å². The van der Waals surface area contributed by atoms with E-state index in [0.717, 1.165) is 10.6 Å². The van der Waals surface area contributed by atoms with Crippen LogP contribution in [-0.2, 0) is 14.3 Å². The van der Waals surface area contributed by atoms with Crippen LogP contribution in [-0.4, -0.2) is 50.8 Å². The number of ether oxygens (including phenoxy) is 2. The number of rotatable bonds is 3. The first-order chi connectivity index (χ1) is 9.40. The lowest BCUT2D eigenvalue weighted by Crippen LogP contribution is -2.35. The molecular formula is C12H15NO7. The van der Waals surface area contributed by atoms with E-state index in [-0.39, 0.29) is 12.4 Å². The van der Waals surface area contributed by atoms with Gasteiger partial charge in [-0.3, -0.25) is 14.2 Å². The topological polar surface area (TPSA) is 118 Å². The molecule has 0 aliphatic carbocycles. The molecule has 8 heteroatoms. The summed E-state index contributed by atoms with van der Waals surface area (Å²) in [5, 5.41) is 28.9.